The van der Waals surface area contributed by atoms with Gasteiger partial charge in [0.2, 0.25) is 11.8 Å². The number of halogens is 3. The maximum absolute atomic E-state index is 11.8. The second-order valence-corrected chi connectivity index (χ2v) is 2.90. The van der Waals surface area contributed by atoms with Gasteiger partial charge in [-0.1, -0.05) is 0 Å². The van der Waals surface area contributed by atoms with Gasteiger partial charge < -0.3 is 15.7 Å². The minimum absolute atomic E-state index is 0.234. The molecule has 0 aliphatic carbocycles. The first-order valence-corrected chi connectivity index (χ1v) is 3.96. The molecule has 0 heterocycles. The van der Waals surface area contributed by atoms with E-state index < -0.39 is 43.5 Å². The number of nitrogens with two attached hydrogens (primary N) is 1. The Morgan fingerprint density at radius 2 is 1.69 bits per heavy atom. The number of carbonyl (C=O) groups is 3. The van der Waals surface area contributed by atoms with Crippen molar-refractivity contribution in [3.05, 3.63) is 0 Å². The van der Waals surface area contributed by atoms with Crippen molar-refractivity contribution >= 4 is 17.8 Å². The molecule has 92 valence electrons. The monoisotopic (exact) mass is 242 g/mol. The first kappa shape index (κ1) is 14.2. The number of aliphatic carboxylic acids is 1. The highest BCUT2D eigenvalue weighted by Crippen LogP contribution is 2.20. The standard InChI is InChI=1S/C7H9F3N2O4/c8-7(9,10)1-5(14)12(2-4(11)13)3-6(15)16/h1-3H2,(H2,11,13)(H,15,16). The lowest BCUT2D eigenvalue weighted by atomic mass is 10.3. The summed E-state index contributed by atoms with van der Waals surface area (Å²) in [5.41, 5.74) is 4.66. The summed E-state index contributed by atoms with van der Waals surface area (Å²) in [6, 6.07) is 0. The smallest absolute Gasteiger partial charge is 0.397 e. The number of carbonyl (C=O) groups excluding carboxylic acids is 2. The van der Waals surface area contributed by atoms with Gasteiger partial charge in [0.25, 0.3) is 0 Å². The van der Waals surface area contributed by atoms with Crippen LogP contribution in [0.15, 0.2) is 0 Å². The molecule has 0 unspecified atom stereocenters. The Morgan fingerprint density at radius 3 is 2.00 bits per heavy atom. The molecule has 9 heteroatoms. The van der Waals surface area contributed by atoms with Crippen LogP contribution in [0.5, 0.6) is 0 Å². The average Bonchev–Trinajstić information content (AvgIpc) is 1.97. The van der Waals surface area contributed by atoms with Crippen molar-refractivity contribution < 1.29 is 32.7 Å². The molecule has 0 atom stereocenters. The highest BCUT2D eigenvalue weighted by Gasteiger charge is 2.34. The number of hydrogen-bond donors (Lipinski definition) is 2. The van der Waals surface area contributed by atoms with Crippen molar-refractivity contribution in [2.75, 3.05) is 13.1 Å². The van der Waals surface area contributed by atoms with Crippen LogP contribution in [0.4, 0.5) is 13.2 Å². The zero-order chi connectivity index (χ0) is 12.9. The molecular weight excluding hydrogens is 233 g/mol. The maximum Gasteiger partial charge on any atom is 0.397 e. The molecule has 0 rings (SSSR count). The lowest BCUT2D eigenvalue weighted by Gasteiger charge is -2.19. The normalized spacial score (nSPS) is 10.9. The molecule has 0 saturated heterocycles. The Morgan fingerprint density at radius 1 is 1.19 bits per heavy atom. The summed E-state index contributed by atoms with van der Waals surface area (Å²) in [5.74, 6) is -4.12. The predicted octanol–water partition coefficient (Wildman–Crippen LogP) is -0.663. The van der Waals surface area contributed by atoms with Crippen LogP contribution in [-0.4, -0.2) is 47.1 Å². The predicted molar refractivity (Wildman–Crippen MR) is 44.1 cm³/mol. The highest BCUT2D eigenvalue weighted by atomic mass is 19.4. The largest absolute Gasteiger partial charge is 0.480 e. The molecule has 0 saturated carbocycles. The van der Waals surface area contributed by atoms with Crippen molar-refractivity contribution in [2.24, 2.45) is 5.73 Å². The summed E-state index contributed by atoms with van der Waals surface area (Å²) in [7, 11) is 0. The number of carboxylic acid groups (broad SMARTS) is 1. The van der Waals surface area contributed by atoms with Gasteiger partial charge >= 0.3 is 12.1 Å². The summed E-state index contributed by atoms with van der Waals surface area (Å²) in [5, 5.41) is 8.32. The van der Waals surface area contributed by atoms with Crippen LogP contribution in [0.3, 0.4) is 0 Å². The first-order valence-electron chi connectivity index (χ1n) is 3.96. The Kier molecular flexibility index (Phi) is 4.73. The molecule has 0 aliphatic heterocycles. The lowest BCUT2D eigenvalue weighted by molar-refractivity contribution is -0.165. The highest BCUT2D eigenvalue weighted by molar-refractivity contribution is 5.86. The van der Waals surface area contributed by atoms with Crippen molar-refractivity contribution in [2.45, 2.75) is 12.6 Å². The zero-order valence-corrected chi connectivity index (χ0v) is 7.95. The van der Waals surface area contributed by atoms with Crippen LogP contribution in [0.25, 0.3) is 0 Å². The number of amides is 2. The number of nitrogens with zero attached hydrogens (tertiary/aromatic N) is 1. The third-order valence-electron chi connectivity index (χ3n) is 1.38. The third kappa shape index (κ3) is 6.62. The second kappa shape index (κ2) is 5.33. The SMILES string of the molecule is NC(=O)CN(CC(=O)O)C(=O)CC(F)(F)F. The number of primary amides is 1. The van der Waals surface area contributed by atoms with E-state index >= 15 is 0 Å². The van der Waals surface area contributed by atoms with Gasteiger partial charge in [-0.3, -0.25) is 14.4 Å². The van der Waals surface area contributed by atoms with E-state index in [1.165, 1.54) is 0 Å². The topological polar surface area (TPSA) is 101 Å². The molecule has 6 nitrogen and oxygen atoms in total. The van der Waals surface area contributed by atoms with E-state index in [1.54, 1.807) is 0 Å². The van der Waals surface area contributed by atoms with E-state index in [-0.39, 0.29) is 4.90 Å². The Hall–Kier alpha value is -1.80. The Labute approximate surface area is 87.8 Å². The van der Waals surface area contributed by atoms with Gasteiger partial charge in [-0.2, -0.15) is 13.2 Å². The van der Waals surface area contributed by atoms with E-state index in [2.05, 4.69) is 5.73 Å². The average molecular weight is 242 g/mol. The van der Waals surface area contributed by atoms with Crippen LogP contribution >= 0.6 is 0 Å². The van der Waals surface area contributed by atoms with Crippen molar-refractivity contribution in [1.82, 2.24) is 4.90 Å². The molecular formula is C7H9F3N2O4. The van der Waals surface area contributed by atoms with E-state index in [4.69, 9.17) is 5.11 Å². The molecule has 2 amide bonds. The lowest BCUT2D eigenvalue weighted by Crippen LogP contribution is -2.43. The quantitative estimate of drug-likeness (QED) is 0.668. The molecule has 0 aromatic heterocycles. The van der Waals surface area contributed by atoms with Crippen LogP contribution in [0.1, 0.15) is 6.42 Å². The van der Waals surface area contributed by atoms with E-state index in [0.717, 1.165) is 0 Å². The summed E-state index contributed by atoms with van der Waals surface area (Å²) in [4.78, 5) is 31.8. The van der Waals surface area contributed by atoms with Crippen LogP contribution in [-0.2, 0) is 14.4 Å². The van der Waals surface area contributed by atoms with E-state index in [9.17, 15) is 27.6 Å². The van der Waals surface area contributed by atoms with Crippen molar-refractivity contribution in [1.29, 1.82) is 0 Å². The fourth-order valence-electron chi connectivity index (χ4n) is 0.867. The number of rotatable bonds is 5. The van der Waals surface area contributed by atoms with Crippen LogP contribution < -0.4 is 5.73 Å². The summed E-state index contributed by atoms with van der Waals surface area (Å²) in [6.45, 7) is -1.86. The van der Waals surface area contributed by atoms with Crippen molar-refractivity contribution in [3.63, 3.8) is 0 Å². The van der Waals surface area contributed by atoms with Gasteiger partial charge in [-0.25, -0.2) is 0 Å². The van der Waals surface area contributed by atoms with Gasteiger partial charge in [-0.15, -0.1) is 0 Å². The van der Waals surface area contributed by atoms with Gasteiger partial charge in [0, 0.05) is 0 Å². The molecule has 0 aromatic rings. The molecule has 0 spiro atoms. The first-order chi connectivity index (χ1) is 7.11. The summed E-state index contributed by atoms with van der Waals surface area (Å²) >= 11 is 0. The third-order valence-corrected chi connectivity index (χ3v) is 1.38. The molecule has 0 radical (unpaired) electrons. The fraction of sp³-hybridized carbons (Fsp3) is 0.571. The molecule has 0 fully saturated rings. The molecule has 0 bridgehead atoms. The zero-order valence-electron chi connectivity index (χ0n) is 7.95. The van der Waals surface area contributed by atoms with Crippen LogP contribution in [0, 0.1) is 0 Å². The van der Waals surface area contributed by atoms with Crippen LogP contribution in [0.2, 0.25) is 0 Å². The number of hydrogen-bond acceptors (Lipinski definition) is 3. The summed E-state index contributed by atoms with van der Waals surface area (Å²) in [6.07, 6.45) is -6.58. The minimum atomic E-state index is -4.76. The second-order valence-electron chi connectivity index (χ2n) is 2.90. The van der Waals surface area contributed by atoms with Gasteiger partial charge in [0.1, 0.15) is 13.0 Å². The minimum Gasteiger partial charge on any atom is -0.480 e. The van der Waals surface area contributed by atoms with E-state index in [0.29, 0.717) is 0 Å². The number of carboxylic acids is 1. The Balaban J connectivity index is 4.56. The fourth-order valence-corrected chi connectivity index (χ4v) is 0.867. The molecule has 16 heavy (non-hydrogen) atoms. The van der Waals surface area contributed by atoms with Gasteiger partial charge in [-0.05, 0) is 0 Å². The Bertz CT molecular complexity index is 286. The van der Waals surface area contributed by atoms with E-state index in [1.807, 2.05) is 0 Å². The van der Waals surface area contributed by atoms with Gasteiger partial charge in [0.15, 0.2) is 0 Å². The molecule has 0 aliphatic rings. The van der Waals surface area contributed by atoms with Crippen molar-refractivity contribution in [3.8, 4) is 0 Å². The van der Waals surface area contributed by atoms with Gasteiger partial charge in [0.05, 0.1) is 6.54 Å². The maximum atomic E-state index is 11.8. The molecule has 0 aromatic carbocycles. The molecule has 3 N–H and O–H groups in total. The summed E-state index contributed by atoms with van der Waals surface area (Å²) < 4.78 is 35.5. The number of alkyl halides is 3.